The smallest absolute Gasteiger partial charge is 0.286 e. The molecule has 5 nitrogen and oxygen atoms in total. The highest BCUT2D eigenvalue weighted by Gasteiger charge is 2.31. The van der Waals surface area contributed by atoms with Gasteiger partial charge in [-0.3, -0.25) is 19.7 Å². The summed E-state index contributed by atoms with van der Waals surface area (Å²) in [6.07, 6.45) is 0.665. The van der Waals surface area contributed by atoms with Crippen LogP contribution in [0.2, 0.25) is 5.02 Å². The van der Waals surface area contributed by atoms with Crippen LogP contribution in [0.3, 0.4) is 0 Å². The molecular formula is C18H15ClN2O3S. The summed E-state index contributed by atoms with van der Waals surface area (Å²) < 4.78 is 0. The fraction of sp³-hybridized carbons (Fsp3) is 0.167. The molecule has 2 aromatic rings. The van der Waals surface area contributed by atoms with Crippen molar-refractivity contribution in [2.24, 2.45) is 0 Å². The minimum atomic E-state index is -0.395. The van der Waals surface area contributed by atoms with Gasteiger partial charge in [-0.1, -0.05) is 53.7 Å². The SMILES string of the molecule is O=C(Cc1ccccc1Cl)Nc1ccc(CC2SC(=O)NC2=O)cc1. The summed E-state index contributed by atoms with van der Waals surface area (Å²) in [6.45, 7) is 0. The zero-order valence-electron chi connectivity index (χ0n) is 13.1. The van der Waals surface area contributed by atoms with E-state index in [4.69, 9.17) is 11.6 Å². The van der Waals surface area contributed by atoms with Gasteiger partial charge in [0.15, 0.2) is 0 Å². The first-order chi connectivity index (χ1) is 12.0. The van der Waals surface area contributed by atoms with Crippen molar-refractivity contribution in [3.05, 3.63) is 64.7 Å². The summed E-state index contributed by atoms with van der Waals surface area (Å²) in [5.74, 6) is -0.413. The maximum absolute atomic E-state index is 12.1. The summed E-state index contributed by atoms with van der Waals surface area (Å²) in [5.41, 5.74) is 2.36. The van der Waals surface area contributed by atoms with Crippen molar-refractivity contribution < 1.29 is 14.4 Å². The standard InChI is InChI=1S/C18H15ClN2O3S/c19-14-4-2-1-3-12(14)10-16(22)20-13-7-5-11(6-8-13)9-15-17(23)21-18(24)25-15/h1-8,15H,9-10H2,(H,20,22)(H,21,23,24). The average molecular weight is 375 g/mol. The van der Waals surface area contributed by atoms with Gasteiger partial charge < -0.3 is 5.32 Å². The van der Waals surface area contributed by atoms with Gasteiger partial charge in [0.05, 0.1) is 11.7 Å². The Bertz CT molecular complexity index is 823. The van der Waals surface area contributed by atoms with E-state index in [2.05, 4.69) is 10.6 Å². The Morgan fingerprint density at radius 1 is 1.12 bits per heavy atom. The molecule has 2 N–H and O–H groups in total. The number of halogens is 1. The van der Waals surface area contributed by atoms with E-state index in [-0.39, 0.29) is 23.5 Å². The molecule has 1 heterocycles. The molecule has 0 aliphatic carbocycles. The predicted molar refractivity (Wildman–Crippen MR) is 98.8 cm³/mol. The number of carbonyl (C=O) groups is 3. The molecule has 1 unspecified atom stereocenters. The molecule has 1 aliphatic rings. The molecule has 1 saturated heterocycles. The lowest BCUT2D eigenvalue weighted by molar-refractivity contribution is -0.119. The third kappa shape index (κ3) is 4.61. The highest BCUT2D eigenvalue weighted by molar-refractivity contribution is 8.15. The number of nitrogens with one attached hydrogen (secondary N) is 2. The van der Waals surface area contributed by atoms with Gasteiger partial charge in [-0.15, -0.1) is 0 Å². The number of hydrogen-bond acceptors (Lipinski definition) is 4. The lowest BCUT2D eigenvalue weighted by atomic mass is 10.1. The van der Waals surface area contributed by atoms with Crippen LogP contribution < -0.4 is 10.6 Å². The number of carbonyl (C=O) groups excluding carboxylic acids is 3. The van der Waals surface area contributed by atoms with Gasteiger partial charge in [0.25, 0.3) is 5.24 Å². The summed E-state index contributed by atoms with van der Waals surface area (Å²) in [5, 5.41) is 4.95. The molecule has 0 bridgehead atoms. The van der Waals surface area contributed by atoms with Gasteiger partial charge >= 0.3 is 0 Å². The Kier molecular flexibility index (Phi) is 5.40. The quantitative estimate of drug-likeness (QED) is 0.840. The van der Waals surface area contributed by atoms with E-state index in [9.17, 15) is 14.4 Å². The van der Waals surface area contributed by atoms with Crippen LogP contribution in [0.25, 0.3) is 0 Å². The summed E-state index contributed by atoms with van der Waals surface area (Å²) in [7, 11) is 0. The first-order valence-corrected chi connectivity index (χ1v) is 8.91. The molecule has 7 heteroatoms. The maximum Gasteiger partial charge on any atom is 0.286 e. The van der Waals surface area contributed by atoms with Crippen molar-refractivity contribution >= 4 is 46.1 Å². The highest BCUT2D eigenvalue weighted by atomic mass is 35.5. The lowest BCUT2D eigenvalue weighted by Crippen LogP contribution is -2.25. The van der Waals surface area contributed by atoms with Gasteiger partial charge in [0, 0.05) is 10.7 Å². The van der Waals surface area contributed by atoms with Crippen molar-refractivity contribution in [2.75, 3.05) is 5.32 Å². The third-order valence-electron chi connectivity index (χ3n) is 3.73. The molecule has 3 amide bonds. The number of thioether (sulfide) groups is 1. The molecular weight excluding hydrogens is 360 g/mol. The summed E-state index contributed by atoms with van der Waals surface area (Å²) >= 11 is 7.06. The molecule has 25 heavy (non-hydrogen) atoms. The number of benzene rings is 2. The molecule has 0 spiro atoms. The zero-order valence-corrected chi connectivity index (χ0v) is 14.7. The van der Waals surface area contributed by atoms with Crippen LogP contribution in [0.5, 0.6) is 0 Å². The first kappa shape index (κ1) is 17.5. The molecule has 3 rings (SSSR count). The lowest BCUT2D eigenvalue weighted by Gasteiger charge is -2.09. The van der Waals surface area contributed by atoms with E-state index in [0.29, 0.717) is 17.1 Å². The minimum Gasteiger partial charge on any atom is -0.326 e. The van der Waals surface area contributed by atoms with E-state index in [1.165, 1.54) is 0 Å². The first-order valence-electron chi connectivity index (χ1n) is 7.65. The van der Waals surface area contributed by atoms with Gasteiger partial charge in [0.2, 0.25) is 11.8 Å². The Labute approximate surface area is 154 Å². The second kappa shape index (κ2) is 7.72. The van der Waals surface area contributed by atoms with E-state index in [1.54, 1.807) is 18.2 Å². The minimum absolute atomic E-state index is 0.155. The molecule has 1 aliphatic heterocycles. The number of rotatable bonds is 5. The van der Waals surface area contributed by atoms with Crippen LogP contribution in [-0.2, 0) is 22.4 Å². The monoisotopic (exact) mass is 374 g/mol. The second-order valence-corrected chi connectivity index (χ2v) is 7.18. The van der Waals surface area contributed by atoms with Crippen LogP contribution in [0, 0.1) is 0 Å². The Balaban J connectivity index is 1.57. The van der Waals surface area contributed by atoms with Crippen molar-refractivity contribution in [3.63, 3.8) is 0 Å². The van der Waals surface area contributed by atoms with Crippen LogP contribution in [0.1, 0.15) is 11.1 Å². The van der Waals surface area contributed by atoms with E-state index in [0.717, 1.165) is 22.9 Å². The Morgan fingerprint density at radius 2 is 1.84 bits per heavy atom. The highest BCUT2D eigenvalue weighted by Crippen LogP contribution is 2.23. The molecule has 0 aromatic heterocycles. The maximum atomic E-state index is 12.1. The fourth-order valence-electron chi connectivity index (χ4n) is 2.49. The van der Waals surface area contributed by atoms with Crippen molar-refractivity contribution in [3.8, 4) is 0 Å². The Morgan fingerprint density at radius 3 is 2.48 bits per heavy atom. The topological polar surface area (TPSA) is 75.3 Å². The Hall–Kier alpha value is -2.31. The summed E-state index contributed by atoms with van der Waals surface area (Å²) in [4.78, 5) is 34.9. The van der Waals surface area contributed by atoms with Gasteiger partial charge in [0.1, 0.15) is 0 Å². The molecule has 0 radical (unpaired) electrons. The fourth-order valence-corrected chi connectivity index (χ4v) is 3.55. The van der Waals surface area contributed by atoms with Gasteiger partial charge in [-0.05, 0) is 35.7 Å². The normalized spacial score (nSPS) is 16.6. The average Bonchev–Trinajstić information content (AvgIpc) is 2.89. The van der Waals surface area contributed by atoms with E-state index >= 15 is 0 Å². The van der Waals surface area contributed by atoms with E-state index < -0.39 is 5.25 Å². The largest absolute Gasteiger partial charge is 0.326 e. The zero-order chi connectivity index (χ0) is 17.8. The number of amides is 3. The van der Waals surface area contributed by atoms with Gasteiger partial charge in [-0.25, -0.2) is 0 Å². The third-order valence-corrected chi connectivity index (χ3v) is 5.08. The number of imide groups is 1. The molecule has 0 saturated carbocycles. The molecule has 128 valence electrons. The number of hydrogen-bond donors (Lipinski definition) is 2. The summed E-state index contributed by atoms with van der Waals surface area (Å²) in [6, 6.07) is 14.4. The second-order valence-electron chi connectivity index (χ2n) is 5.60. The molecule has 2 aromatic carbocycles. The van der Waals surface area contributed by atoms with Crippen molar-refractivity contribution in [1.82, 2.24) is 5.32 Å². The van der Waals surface area contributed by atoms with Crippen LogP contribution in [0.15, 0.2) is 48.5 Å². The van der Waals surface area contributed by atoms with Crippen LogP contribution in [0.4, 0.5) is 10.5 Å². The van der Waals surface area contributed by atoms with Crippen molar-refractivity contribution in [2.45, 2.75) is 18.1 Å². The number of anilines is 1. The van der Waals surface area contributed by atoms with E-state index in [1.807, 2.05) is 30.3 Å². The van der Waals surface area contributed by atoms with Crippen LogP contribution in [-0.4, -0.2) is 22.3 Å². The van der Waals surface area contributed by atoms with Crippen LogP contribution >= 0.6 is 23.4 Å². The predicted octanol–water partition coefficient (Wildman–Crippen LogP) is 3.42. The van der Waals surface area contributed by atoms with Gasteiger partial charge in [-0.2, -0.15) is 0 Å². The van der Waals surface area contributed by atoms with Crippen molar-refractivity contribution in [1.29, 1.82) is 0 Å². The molecule has 1 atom stereocenters. The molecule has 1 fully saturated rings.